The molecule has 2 aromatic carbocycles. The number of phenols is 1. The Hall–Kier alpha value is -5.35. The zero-order chi connectivity index (χ0) is 38.3. The van der Waals surface area contributed by atoms with Gasteiger partial charge >= 0.3 is 12.2 Å². The number of carbonyl (C=O) groups excluding carboxylic acids is 5. The van der Waals surface area contributed by atoms with E-state index in [0.29, 0.717) is 32.8 Å². The maximum absolute atomic E-state index is 15.3. The number of fused-ring (bicyclic) bond motifs is 4. The Morgan fingerprint density at radius 2 is 1.64 bits per heavy atom. The van der Waals surface area contributed by atoms with Crippen molar-refractivity contribution in [1.29, 1.82) is 0 Å². The number of aromatic hydroxyl groups is 1. The standard InChI is InChI=1S/C35H28Cl2F3N5O8/c1-52-23-10-17(46)11-24(53-2)26(23)27-18-7-8-19-25(31(49)44(29(19)47)33(41)51)20(18)12-21-30(48)45(32(50)34(21,27)14-3-5-16(36)6-4-14)43-28-22(37)9-15(13-42-28)35(38,39)40/h3-7,9-11,13,19-21,25,27,46H,8,12H2,1-2H3,(H2,41,51)(H,42,43)/t19-,20+,21-,25-,27+,34+/m0/s1. The summed E-state index contributed by atoms with van der Waals surface area (Å²) in [7, 11) is 2.63. The number of anilines is 1. The minimum Gasteiger partial charge on any atom is -0.508 e. The van der Waals surface area contributed by atoms with E-state index in [9.17, 15) is 37.5 Å². The molecule has 6 atom stereocenters. The molecule has 0 spiro atoms. The molecular formula is C35H28Cl2F3N5O8. The van der Waals surface area contributed by atoms with Gasteiger partial charge in [-0.05, 0) is 42.5 Å². The zero-order valence-electron chi connectivity index (χ0n) is 27.6. The van der Waals surface area contributed by atoms with E-state index in [0.717, 1.165) is 0 Å². The van der Waals surface area contributed by atoms with Crippen LogP contribution >= 0.6 is 23.2 Å². The molecule has 0 radical (unpaired) electrons. The normalized spacial score (nSPS) is 26.5. The summed E-state index contributed by atoms with van der Waals surface area (Å²) in [5, 5.41) is 11.0. The minimum absolute atomic E-state index is 0.0364. The van der Waals surface area contributed by atoms with Gasteiger partial charge in [0.2, 0.25) is 11.8 Å². The van der Waals surface area contributed by atoms with Crippen molar-refractivity contribution >= 4 is 58.7 Å². The topological polar surface area (TPSA) is 181 Å². The van der Waals surface area contributed by atoms with Gasteiger partial charge in [0.1, 0.15) is 17.2 Å². The molecule has 3 fully saturated rings. The minimum atomic E-state index is -4.79. The number of likely N-dealkylation sites (tertiary alicyclic amines) is 1. The van der Waals surface area contributed by atoms with Crippen LogP contribution in [0.15, 0.2) is 60.3 Å². The molecule has 2 aliphatic heterocycles. The van der Waals surface area contributed by atoms with Crippen molar-refractivity contribution in [3.05, 3.63) is 87.0 Å². The number of phenolic OH excluding ortho intramolecular Hbond substituents is 1. The van der Waals surface area contributed by atoms with E-state index in [1.54, 1.807) is 18.2 Å². The number of allylic oxidation sites excluding steroid dienone is 2. The van der Waals surface area contributed by atoms with Crippen LogP contribution < -0.4 is 20.6 Å². The Labute approximate surface area is 308 Å². The van der Waals surface area contributed by atoms with E-state index in [1.165, 1.54) is 38.5 Å². The van der Waals surface area contributed by atoms with Gasteiger partial charge in [0, 0.05) is 34.8 Å². The third kappa shape index (κ3) is 5.29. The molecule has 3 heterocycles. The number of ether oxygens (including phenoxy) is 2. The second-order valence-electron chi connectivity index (χ2n) is 13.0. The molecule has 13 nitrogen and oxygen atoms in total. The SMILES string of the molecule is COc1cc(O)cc(OC)c1[C@H]1C2=CC[C@@H]3C(=O)N(C(N)=O)C(=O)[C@@H]3[C@@H]2C[C@H]2C(=O)N(Nc3ncc(C(F)(F)F)cc3Cl)C(=O)[C@@]12c1ccc(Cl)cc1. The Kier molecular flexibility index (Phi) is 8.60. The number of carbonyl (C=O) groups is 5. The quantitative estimate of drug-likeness (QED) is 0.223. The highest BCUT2D eigenvalue weighted by atomic mass is 35.5. The number of aromatic nitrogens is 1. The molecule has 276 valence electrons. The number of urea groups is 1. The second-order valence-corrected chi connectivity index (χ2v) is 13.9. The first-order valence-corrected chi connectivity index (χ1v) is 16.8. The van der Waals surface area contributed by atoms with Gasteiger partial charge < -0.3 is 20.3 Å². The van der Waals surface area contributed by atoms with Crippen molar-refractivity contribution in [2.45, 2.75) is 30.4 Å². The number of methoxy groups -OCH3 is 2. The molecule has 1 saturated carbocycles. The van der Waals surface area contributed by atoms with Crippen LogP contribution in [-0.4, -0.2) is 63.9 Å². The van der Waals surface area contributed by atoms with Gasteiger partial charge in [-0.1, -0.05) is 47.0 Å². The summed E-state index contributed by atoms with van der Waals surface area (Å²) in [6, 6.07) is 8.00. The molecule has 3 aromatic rings. The first-order valence-electron chi connectivity index (χ1n) is 16.0. The summed E-state index contributed by atoms with van der Waals surface area (Å²) in [6.45, 7) is 0. The molecule has 2 saturated heterocycles. The zero-order valence-corrected chi connectivity index (χ0v) is 29.1. The largest absolute Gasteiger partial charge is 0.508 e. The molecule has 2 aliphatic carbocycles. The third-order valence-electron chi connectivity index (χ3n) is 10.6. The number of nitrogens with zero attached hydrogens (tertiary/aromatic N) is 3. The molecular weight excluding hydrogens is 746 g/mol. The van der Waals surface area contributed by atoms with Crippen LogP contribution in [0.1, 0.15) is 35.4 Å². The van der Waals surface area contributed by atoms with Crippen molar-refractivity contribution in [1.82, 2.24) is 14.9 Å². The number of imide groups is 4. The number of benzene rings is 2. The van der Waals surface area contributed by atoms with E-state index in [1.807, 2.05) is 0 Å². The van der Waals surface area contributed by atoms with E-state index in [-0.39, 0.29) is 41.2 Å². The van der Waals surface area contributed by atoms with Gasteiger partial charge in [-0.2, -0.15) is 23.1 Å². The Bertz CT molecular complexity index is 2120. The maximum atomic E-state index is 15.3. The summed E-state index contributed by atoms with van der Waals surface area (Å²) in [6.07, 6.45) is -2.86. The van der Waals surface area contributed by atoms with Crippen molar-refractivity contribution in [2.24, 2.45) is 29.4 Å². The van der Waals surface area contributed by atoms with Crippen LogP contribution in [0.4, 0.5) is 23.8 Å². The lowest BCUT2D eigenvalue weighted by Gasteiger charge is -2.51. The molecule has 0 unspecified atom stereocenters. The summed E-state index contributed by atoms with van der Waals surface area (Å²) >= 11 is 12.5. The monoisotopic (exact) mass is 773 g/mol. The number of primary amides is 1. The Morgan fingerprint density at radius 1 is 1.00 bits per heavy atom. The second kappa shape index (κ2) is 12.7. The number of nitrogens with one attached hydrogen (secondary N) is 1. The van der Waals surface area contributed by atoms with Crippen LogP contribution in [0, 0.1) is 23.7 Å². The van der Waals surface area contributed by atoms with Gasteiger partial charge in [0.25, 0.3) is 11.8 Å². The fourth-order valence-corrected chi connectivity index (χ4v) is 8.86. The summed E-state index contributed by atoms with van der Waals surface area (Å²) in [4.78, 5) is 73.7. The Morgan fingerprint density at radius 3 is 2.21 bits per heavy atom. The lowest BCUT2D eigenvalue weighted by molar-refractivity contribution is -0.140. The van der Waals surface area contributed by atoms with Gasteiger partial charge in [-0.25, -0.2) is 9.78 Å². The number of hydrazine groups is 1. The molecule has 7 rings (SSSR count). The van der Waals surface area contributed by atoms with E-state index in [2.05, 4.69) is 10.4 Å². The fraction of sp³-hybridized carbons (Fsp3) is 0.314. The van der Waals surface area contributed by atoms with Crippen LogP contribution in [0.2, 0.25) is 10.0 Å². The number of pyridine rings is 1. The summed E-state index contributed by atoms with van der Waals surface area (Å²) < 4.78 is 51.8. The van der Waals surface area contributed by atoms with Crippen LogP contribution in [-0.2, 0) is 30.8 Å². The first-order chi connectivity index (χ1) is 25.1. The molecule has 4 N–H and O–H groups in total. The lowest BCUT2D eigenvalue weighted by Crippen LogP contribution is -2.53. The number of rotatable bonds is 6. The molecule has 18 heteroatoms. The lowest BCUT2D eigenvalue weighted by atomic mass is 9.49. The van der Waals surface area contributed by atoms with Gasteiger partial charge in [-0.15, -0.1) is 0 Å². The summed E-state index contributed by atoms with van der Waals surface area (Å²) in [5.74, 6) is -9.73. The Balaban J connectivity index is 1.50. The molecule has 4 aliphatic rings. The highest BCUT2D eigenvalue weighted by molar-refractivity contribution is 6.33. The number of hydrogen-bond acceptors (Lipinski definition) is 10. The average molecular weight is 775 g/mol. The third-order valence-corrected chi connectivity index (χ3v) is 11.1. The van der Waals surface area contributed by atoms with Crippen LogP contribution in [0.5, 0.6) is 17.2 Å². The van der Waals surface area contributed by atoms with Crippen molar-refractivity contribution in [2.75, 3.05) is 19.6 Å². The van der Waals surface area contributed by atoms with E-state index >= 15 is 4.79 Å². The van der Waals surface area contributed by atoms with Crippen molar-refractivity contribution < 1.29 is 51.7 Å². The van der Waals surface area contributed by atoms with Crippen LogP contribution in [0.25, 0.3) is 0 Å². The van der Waals surface area contributed by atoms with Crippen molar-refractivity contribution in [3.8, 4) is 17.2 Å². The first kappa shape index (κ1) is 36.0. The van der Waals surface area contributed by atoms with Gasteiger partial charge in [0.05, 0.1) is 48.0 Å². The van der Waals surface area contributed by atoms with Gasteiger partial charge in [-0.3, -0.25) is 24.6 Å². The molecule has 0 bridgehead atoms. The maximum Gasteiger partial charge on any atom is 0.417 e. The summed E-state index contributed by atoms with van der Waals surface area (Å²) in [5.41, 5.74) is 5.80. The van der Waals surface area contributed by atoms with Gasteiger partial charge in [0.15, 0.2) is 5.82 Å². The fourth-order valence-electron chi connectivity index (χ4n) is 8.52. The predicted molar refractivity (Wildman–Crippen MR) is 180 cm³/mol. The molecule has 1 aromatic heterocycles. The smallest absolute Gasteiger partial charge is 0.417 e. The highest BCUT2D eigenvalue weighted by Gasteiger charge is 2.71. The van der Waals surface area contributed by atoms with E-state index < -0.39 is 87.2 Å². The van der Waals surface area contributed by atoms with E-state index in [4.69, 9.17) is 38.4 Å². The number of halogens is 5. The number of amides is 6. The highest BCUT2D eigenvalue weighted by Crippen LogP contribution is 2.66. The number of hydrogen-bond donors (Lipinski definition) is 3. The molecule has 6 amide bonds. The number of alkyl halides is 3. The van der Waals surface area contributed by atoms with Crippen LogP contribution in [0.3, 0.4) is 0 Å². The number of nitrogens with two attached hydrogens (primary N) is 1. The predicted octanol–water partition coefficient (Wildman–Crippen LogP) is 5.19. The molecule has 53 heavy (non-hydrogen) atoms. The average Bonchev–Trinajstić information content (AvgIpc) is 3.49. The van der Waals surface area contributed by atoms with Crippen molar-refractivity contribution in [3.63, 3.8) is 0 Å².